The van der Waals surface area contributed by atoms with Gasteiger partial charge >= 0.3 is 0 Å². The zero-order chi connectivity index (χ0) is 18.3. The average Bonchev–Trinajstić information content (AvgIpc) is 2.59. The van der Waals surface area contributed by atoms with E-state index >= 15 is 0 Å². The summed E-state index contributed by atoms with van der Waals surface area (Å²) in [6.07, 6.45) is 1.91. The molecule has 4 rings (SSSR count). The Morgan fingerprint density at radius 2 is 1.65 bits per heavy atom. The van der Waals surface area contributed by atoms with Crippen LogP contribution in [0.4, 0.5) is 5.69 Å². The minimum Gasteiger partial charge on any atom is -0.256 e. The summed E-state index contributed by atoms with van der Waals surface area (Å²) >= 11 is 7.14. The number of aliphatic imine (C=N–C) groups is 1. The molecular weight excluding hydrogens is 452 g/mol. The number of rotatable bonds is 2. The van der Waals surface area contributed by atoms with Crippen molar-refractivity contribution in [2.45, 2.75) is 13.8 Å². The third-order valence-electron chi connectivity index (χ3n) is 4.36. The van der Waals surface area contributed by atoms with Crippen molar-refractivity contribution in [2.75, 3.05) is 0 Å². The Bertz CT molecular complexity index is 1180. The van der Waals surface area contributed by atoms with Crippen molar-refractivity contribution in [1.82, 2.24) is 4.98 Å². The predicted molar refractivity (Wildman–Crippen MR) is 118 cm³/mol. The third-order valence-corrected chi connectivity index (χ3v) is 5.31. The van der Waals surface area contributed by atoms with Crippen LogP contribution < -0.4 is 0 Å². The molecule has 0 N–H and O–H groups in total. The molecule has 0 saturated carbocycles. The van der Waals surface area contributed by atoms with E-state index < -0.39 is 0 Å². The molecule has 0 saturated heterocycles. The van der Waals surface area contributed by atoms with E-state index in [0.29, 0.717) is 0 Å². The normalized spacial score (nSPS) is 11.7. The molecular formula is C22H16Br2N2. The van der Waals surface area contributed by atoms with Crippen molar-refractivity contribution < 1.29 is 0 Å². The quantitative estimate of drug-likeness (QED) is 0.224. The van der Waals surface area contributed by atoms with E-state index in [1.54, 1.807) is 0 Å². The molecule has 0 aliphatic carbocycles. The molecule has 0 unspecified atom stereocenters. The fourth-order valence-electron chi connectivity index (χ4n) is 3.10. The molecule has 1 aromatic heterocycles. The summed E-state index contributed by atoms with van der Waals surface area (Å²) in [7, 11) is 0. The monoisotopic (exact) mass is 466 g/mol. The number of aryl methyl sites for hydroxylation is 2. The van der Waals surface area contributed by atoms with Crippen LogP contribution >= 0.6 is 31.9 Å². The van der Waals surface area contributed by atoms with Gasteiger partial charge in [-0.15, -0.1) is 0 Å². The average molecular weight is 468 g/mol. The molecule has 2 nitrogen and oxygen atoms in total. The van der Waals surface area contributed by atoms with E-state index in [9.17, 15) is 0 Å². The molecule has 0 spiro atoms. The first kappa shape index (κ1) is 17.4. The zero-order valence-electron chi connectivity index (χ0n) is 14.4. The maximum atomic E-state index is 4.88. The first-order valence-electron chi connectivity index (χ1n) is 8.30. The van der Waals surface area contributed by atoms with Crippen LogP contribution in [0.2, 0.25) is 0 Å². The molecule has 0 fully saturated rings. The molecule has 1 heterocycles. The predicted octanol–water partition coefficient (Wildman–Crippen LogP) is 7.28. The van der Waals surface area contributed by atoms with Gasteiger partial charge < -0.3 is 0 Å². The van der Waals surface area contributed by atoms with Gasteiger partial charge in [-0.05, 0) is 61.9 Å². The number of pyridine rings is 1. The molecule has 0 aliphatic rings. The van der Waals surface area contributed by atoms with Gasteiger partial charge in [-0.25, -0.2) is 4.98 Å². The highest BCUT2D eigenvalue weighted by Gasteiger charge is 2.07. The van der Waals surface area contributed by atoms with Crippen LogP contribution in [0, 0.1) is 13.8 Å². The zero-order valence-corrected chi connectivity index (χ0v) is 17.6. The van der Waals surface area contributed by atoms with Crippen LogP contribution in [0.1, 0.15) is 16.7 Å². The molecule has 0 radical (unpaired) electrons. The molecule has 0 bridgehead atoms. The SMILES string of the molecule is Cc1ccc(N=Cc2cc(Br)cc3cc4cc(Br)ccc4nc23)c(C)c1. The van der Waals surface area contributed by atoms with Gasteiger partial charge in [0.2, 0.25) is 0 Å². The van der Waals surface area contributed by atoms with Gasteiger partial charge in [0.15, 0.2) is 0 Å². The number of fused-ring (bicyclic) bond motifs is 2. The second-order valence-corrected chi connectivity index (χ2v) is 8.27. The first-order chi connectivity index (χ1) is 12.5. The molecule has 26 heavy (non-hydrogen) atoms. The second-order valence-electron chi connectivity index (χ2n) is 6.44. The summed E-state index contributed by atoms with van der Waals surface area (Å²) in [5.41, 5.74) is 6.32. The van der Waals surface area contributed by atoms with E-state index in [0.717, 1.165) is 42.0 Å². The molecule has 0 aliphatic heterocycles. The first-order valence-corrected chi connectivity index (χ1v) is 9.89. The van der Waals surface area contributed by atoms with E-state index in [2.05, 4.69) is 88.2 Å². The minimum atomic E-state index is 0.955. The van der Waals surface area contributed by atoms with Gasteiger partial charge in [0.05, 0.1) is 16.7 Å². The molecule has 4 heteroatoms. The van der Waals surface area contributed by atoms with Gasteiger partial charge in [-0.3, -0.25) is 4.99 Å². The number of benzene rings is 3. The Balaban J connectivity index is 1.88. The fraction of sp³-hybridized carbons (Fsp3) is 0.0909. The van der Waals surface area contributed by atoms with Gasteiger partial charge in [0.1, 0.15) is 0 Å². The number of nitrogens with zero attached hydrogens (tertiary/aromatic N) is 2. The lowest BCUT2D eigenvalue weighted by Gasteiger charge is -2.07. The van der Waals surface area contributed by atoms with Crippen molar-refractivity contribution in [2.24, 2.45) is 4.99 Å². The van der Waals surface area contributed by atoms with E-state index in [4.69, 9.17) is 9.98 Å². The summed E-state index contributed by atoms with van der Waals surface area (Å²) in [6.45, 7) is 4.18. The van der Waals surface area contributed by atoms with E-state index in [1.165, 1.54) is 11.1 Å². The number of hydrogen-bond donors (Lipinski definition) is 0. The second kappa shape index (κ2) is 6.93. The number of aromatic nitrogens is 1. The van der Waals surface area contributed by atoms with Crippen LogP contribution in [-0.4, -0.2) is 11.2 Å². The topological polar surface area (TPSA) is 25.2 Å². The van der Waals surface area contributed by atoms with Crippen LogP contribution in [0.15, 0.2) is 68.5 Å². The van der Waals surface area contributed by atoms with Gasteiger partial charge in [0, 0.05) is 31.5 Å². The van der Waals surface area contributed by atoms with Crippen molar-refractivity contribution in [3.05, 3.63) is 80.2 Å². The summed E-state index contributed by atoms with van der Waals surface area (Å²) < 4.78 is 2.07. The molecule has 3 aromatic carbocycles. The van der Waals surface area contributed by atoms with Crippen molar-refractivity contribution in [3.63, 3.8) is 0 Å². The molecule has 0 amide bonds. The highest BCUT2D eigenvalue weighted by atomic mass is 79.9. The molecule has 128 valence electrons. The van der Waals surface area contributed by atoms with Crippen LogP contribution in [0.3, 0.4) is 0 Å². The third kappa shape index (κ3) is 3.44. The lowest BCUT2D eigenvalue weighted by atomic mass is 10.1. The summed E-state index contributed by atoms with van der Waals surface area (Å²) in [5.74, 6) is 0. The van der Waals surface area contributed by atoms with Crippen molar-refractivity contribution in [1.29, 1.82) is 0 Å². The standard InChI is InChI=1S/C22H16Br2N2/c1-13-3-5-20(14(2)7-13)25-12-17-11-19(24)10-16-8-15-9-18(23)4-6-21(15)26-22(16)17/h3-12H,1-2H3. The smallest absolute Gasteiger partial charge is 0.0798 e. The Hall–Kier alpha value is -2.04. The van der Waals surface area contributed by atoms with Crippen LogP contribution in [0.25, 0.3) is 21.8 Å². The largest absolute Gasteiger partial charge is 0.256 e. The van der Waals surface area contributed by atoms with Crippen molar-refractivity contribution in [3.8, 4) is 0 Å². The van der Waals surface area contributed by atoms with Crippen LogP contribution in [-0.2, 0) is 0 Å². The Morgan fingerprint density at radius 3 is 2.46 bits per heavy atom. The number of halogens is 2. The van der Waals surface area contributed by atoms with E-state index in [1.807, 2.05) is 18.3 Å². The lowest BCUT2D eigenvalue weighted by molar-refractivity contribution is 1.35. The maximum absolute atomic E-state index is 4.88. The Labute approximate surface area is 169 Å². The van der Waals surface area contributed by atoms with Crippen LogP contribution in [0.5, 0.6) is 0 Å². The highest BCUT2D eigenvalue weighted by Crippen LogP contribution is 2.28. The molecule has 0 atom stereocenters. The van der Waals surface area contributed by atoms with Gasteiger partial charge in [-0.2, -0.15) is 0 Å². The minimum absolute atomic E-state index is 0.955. The summed E-state index contributed by atoms with van der Waals surface area (Å²) in [4.78, 5) is 9.58. The fourth-order valence-corrected chi connectivity index (χ4v) is 3.97. The molecule has 4 aromatic rings. The number of hydrogen-bond acceptors (Lipinski definition) is 2. The van der Waals surface area contributed by atoms with E-state index in [-0.39, 0.29) is 0 Å². The van der Waals surface area contributed by atoms with Gasteiger partial charge in [-0.1, -0.05) is 49.6 Å². The lowest BCUT2D eigenvalue weighted by Crippen LogP contribution is -1.90. The summed E-state index contributed by atoms with van der Waals surface area (Å²) in [5, 5.41) is 2.20. The van der Waals surface area contributed by atoms with Crippen molar-refractivity contribution >= 4 is 65.6 Å². The Morgan fingerprint density at radius 1 is 0.846 bits per heavy atom. The Kier molecular flexibility index (Phi) is 4.63. The highest BCUT2D eigenvalue weighted by molar-refractivity contribution is 9.10. The van der Waals surface area contributed by atoms with Gasteiger partial charge in [0.25, 0.3) is 0 Å². The maximum Gasteiger partial charge on any atom is 0.0798 e. The summed E-state index contributed by atoms with van der Waals surface area (Å²) in [6, 6.07) is 18.8.